The highest BCUT2D eigenvalue weighted by Crippen LogP contribution is 2.35. The number of carbonyl (C=O) groups is 1. The Balaban J connectivity index is 2.05. The van der Waals surface area contributed by atoms with E-state index in [0.29, 0.717) is 28.7 Å². The van der Waals surface area contributed by atoms with Gasteiger partial charge in [-0.3, -0.25) is 4.79 Å². The van der Waals surface area contributed by atoms with E-state index in [2.05, 4.69) is 5.32 Å². The second-order valence-electron chi connectivity index (χ2n) is 4.08. The van der Waals surface area contributed by atoms with Gasteiger partial charge in [-0.25, -0.2) is 0 Å². The van der Waals surface area contributed by atoms with Gasteiger partial charge in [0.2, 0.25) is 0 Å². The molecule has 2 aromatic rings. The summed E-state index contributed by atoms with van der Waals surface area (Å²) in [6.07, 6.45) is 0. The first-order chi connectivity index (χ1) is 9.63. The minimum absolute atomic E-state index is 0.0298. The quantitative estimate of drug-likeness (QED) is 0.711. The van der Waals surface area contributed by atoms with Crippen LogP contribution in [0.2, 0.25) is 5.02 Å². The van der Waals surface area contributed by atoms with E-state index in [4.69, 9.17) is 27.2 Å². The lowest BCUT2D eigenvalue weighted by Gasteiger charge is -2.04. The molecule has 2 rings (SSSR count). The van der Waals surface area contributed by atoms with Gasteiger partial charge in [0.05, 0.1) is 25.5 Å². The normalized spacial score (nSPS) is 10.9. The van der Waals surface area contributed by atoms with Gasteiger partial charge in [-0.05, 0) is 18.2 Å². The smallest absolute Gasteiger partial charge is 0.263 e. The molecule has 0 fully saturated rings. The van der Waals surface area contributed by atoms with E-state index in [9.17, 15) is 4.79 Å². The van der Waals surface area contributed by atoms with Crippen molar-refractivity contribution in [2.24, 2.45) is 0 Å². The van der Waals surface area contributed by atoms with Gasteiger partial charge in [0, 0.05) is 21.7 Å². The molecule has 0 atom stereocenters. The van der Waals surface area contributed by atoms with Crippen molar-refractivity contribution in [1.29, 1.82) is 0 Å². The molecule has 0 bridgehead atoms. The lowest BCUT2D eigenvalue weighted by Crippen LogP contribution is -2.27. The number of aliphatic hydroxyl groups is 1. The molecule has 0 unspecified atom stereocenters. The van der Waals surface area contributed by atoms with Crippen molar-refractivity contribution >= 4 is 44.6 Å². The molecule has 0 spiro atoms. The van der Waals surface area contributed by atoms with E-state index in [1.807, 2.05) is 6.07 Å². The highest BCUT2D eigenvalue weighted by atomic mass is 35.5. The second-order valence-corrected chi connectivity index (χ2v) is 5.57. The molecule has 7 heteroatoms. The molecular weight excluding hydrogens is 300 g/mol. The van der Waals surface area contributed by atoms with E-state index >= 15 is 0 Å². The molecule has 1 amide bonds. The third-order valence-corrected chi connectivity index (χ3v) is 4.08. The van der Waals surface area contributed by atoms with Crippen LogP contribution in [0.3, 0.4) is 0 Å². The van der Waals surface area contributed by atoms with Crippen molar-refractivity contribution in [2.75, 3.05) is 32.1 Å². The highest BCUT2D eigenvalue weighted by molar-refractivity contribution is 7.21. The van der Waals surface area contributed by atoms with Crippen molar-refractivity contribution in [3.8, 4) is 0 Å². The second kappa shape index (κ2) is 6.90. The van der Waals surface area contributed by atoms with Crippen molar-refractivity contribution in [2.45, 2.75) is 0 Å². The van der Waals surface area contributed by atoms with Gasteiger partial charge in [-0.2, -0.15) is 0 Å². The summed E-state index contributed by atoms with van der Waals surface area (Å²) in [6, 6.07) is 5.37. The number of ether oxygens (including phenoxy) is 1. The fourth-order valence-corrected chi connectivity index (χ4v) is 2.93. The third-order valence-electron chi connectivity index (χ3n) is 2.66. The molecule has 0 radical (unpaired) electrons. The van der Waals surface area contributed by atoms with Crippen LogP contribution in [0.1, 0.15) is 9.67 Å². The number of aliphatic hydroxyl groups excluding tert-OH is 1. The molecule has 4 N–H and O–H groups in total. The fraction of sp³-hybridized carbons (Fsp3) is 0.308. The van der Waals surface area contributed by atoms with Crippen molar-refractivity contribution < 1.29 is 14.6 Å². The summed E-state index contributed by atoms with van der Waals surface area (Å²) in [4.78, 5) is 12.5. The Labute approximate surface area is 125 Å². The first kappa shape index (κ1) is 15.1. The van der Waals surface area contributed by atoms with Gasteiger partial charge in [0.15, 0.2) is 0 Å². The van der Waals surface area contributed by atoms with Gasteiger partial charge >= 0.3 is 0 Å². The molecule has 20 heavy (non-hydrogen) atoms. The van der Waals surface area contributed by atoms with Crippen LogP contribution in [-0.2, 0) is 4.74 Å². The van der Waals surface area contributed by atoms with Gasteiger partial charge in [0.1, 0.15) is 4.88 Å². The number of nitrogen functional groups attached to an aromatic ring is 1. The molecule has 0 saturated heterocycles. The number of carbonyl (C=O) groups excluding carboxylic acids is 1. The molecule has 1 aromatic heterocycles. The Kier molecular flexibility index (Phi) is 5.19. The summed E-state index contributed by atoms with van der Waals surface area (Å²) in [6.45, 7) is 0.952. The lowest BCUT2D eigenvalue weighted by molar-refractivity contribution is 0.0841. The van der Waals surface area contributed by atoms with Crippen LogP contribution in [-0.4, -0.2) is 37.4 Å². The minimum Gasteiger partial charge on any atom is -0.397 e. The maximum absolute atomic E-state index is 12.0. The van der Waals surface area contributed by atoms with Crippen LogP contribution in [0.4, 0.5) is 5.69 Å². The fourth-order valence-electron chi connectivity index (χ4n) is 1.74. The molecular formula is C13H15ClN2O3S. The number of benzene rings is 1. The standard InChI is InChI=1S/C13H15ClN2O3S/c14-8-1-2-10-9(7-8)11(15)12(20-10)13(18)16-3-5-19-6-4-17/h1-2,7,17H,3-6,15H2,(H,16,18). The number of hydrogen-bond donors (Lipinski definition) is 3. The maximum Gasteiger partial charge on any atom is 0.263 e. The monoisotopic (exact) mass is 314 g/mol. The van der Waals surface area contributed by atoms with Gasteiger partial charge < -0.3 is 20.9 Å². The van der Waals surface area contributed by atoms with Crippen LogP contribution in [0, 0.1) is 0 Å². The topological polar surface area (TPSA) is 84.6 Å². The molecule has 108 valence electrons. The number of amides is 1. The van der Waals surface area contributed by atoms with Crippen molar-refractivity contribution in [1.82, 2.24) is 5.32 Å². The third kappa shape index (κ3) is 3.40. The van der Waals surface area contributed by atoms with Crippen LogP contribution in [0.15, 0.2) is 18.2 Å². The number of rotatable bonds is 6. The molecule has 0 aliphatic carbocycles. The Morgan fingerprint density at radius 2 is 2.25 bits per heavy atom. The van der Waals surface area contributed by atoms with Crippen molar-refractivity contribution in [3.63, 3.8) is 0 Å². The summed E-state index contributed by atoms with van der Waals surface area (Å²) in [5.41, 5.74) is 6.43. The maximum atomic E-state index is 12.0. The molecule has 1 heterocycles. The predicted octanol–water partition coefficient (Wildman–Crippen LogP) is 1.88. The van der Waals surface area contributed by atoms with Crippen LogP contribution in [0.5, 0.6) is 0 Å². The zero-order valence-electron chi connectivity index (χ0n) is 10.7. The number of nitrogens with two attached hydrogens (primary N) is 1. The molecule has 5 nitrogen and oxygen atoms in total. The molecule has 0 aliphatic heterocycles. The number of anilines is 1. The summed E-state index contributed by atoms with van der Waals surface area (Å²) in [5.74, 6) is -0.229. The first-order valence-corrected chi connectivity index (χ1v) is 7.27. The van der Waals surface area contributed by atoms with Gasteiger partial charge in [0.25, 0.3) is 5.91 Å². The molecule has 1 aromatic carbocycles. The highest BCUT2D eigenvalue weighted by Gasteiger charge is 2.16. The summed E-state index contributed by atoms with van der Waals surface area (Å²) in [7, 11) is 0. The number of thiophene rings is 1. The minimum atomic E-state index is -0.229. The van der Waals surface area contributed by atoms with Crippen LogP contribution in [0.25, 0.3) is 10.1 Å². The average Bonchev–Trinajstić information content (AvgIpc) is 2.76. The van der Waals surface area contributed by atoms with E-state index in [0.717, 1.165) is 10.1 Å². The number of fused-ring (bicyclic) bond motifs is 1. The van der Waals surface area contributed by atoms with Crippen LogP contribution < -0.4 is 11.1 Å². The Morgan fingerprint density at radius 3 is 3.00 bits per heavy atom. The number of nitrogens with one attached hydrogen (secondary N) is 1. The lowest BCUT2D eigenvalue weighted by atomic mass is 10.2. The summed E-state index contributed by atoms with van der Waals surface area (Å²) >= 11 is 7.26. The average molecular weight is 315 g/mol. The Bertz CT molecular complexity index is 615. The van der Waals surface area contributed by atoms with Crippen molar-refractivity contribution in [3.05, 3.63) is 28.1 Å². The number of halogens is 1. The van der Waals surface area contributed by atoms with E-state index in [1.165, 1.54) is 11.3 Å². The Hall–Kier alpha value is -1.34. The predicted molar refractivity (Wildman–Crippen MR) is 81.5 cm³/mol. The zero-order valence-corrected chi connectivity index (χ0v) is 12.3. The largest absolute Gasteiger partial charge is 0.397 e. The molecule has 0 aliphatic rings. The zero-order chi connectivity index (χ0) is 14.5. The van der Waals surface area contributed by atoms with Gasteiger partial charge in [-0.1, -0.05) is 11.6 Å². The van der Waals surface area contributed by atoms with E-state index in [1.54, 1.807) is 12.1 Å². The summed E-state index contributed by atoms with van der Waals surface area (Å²) in [5, 5.41) is 12.7. The van der Waals surface area contributed by atoms with E-state index < -0.39 is 0 Å². The molecule has 0 saturated carbocycles. The SMILES string of the molecule is Nc1c(C(=O)NCCOCCO)sc2ccc(Cl)cc12. The number of hydrogen-bond acceptors (Lipinski definition) is 5. The van der Waals surface area contributed by atoms with Gasteiger partial charge in [-0.15, -0.1) is 11.3 Å². The first-order valence-electron chi connectivity index (χ1n) is 6.08. The van der Waals surface area contributed by atoms with E-state index in [-0.39, 0.29) is 19.1 Å². The van der Waals surface area contributed by atoms with Crippen LogP contribution >= 0.6 is 22.9 Å². The Morgan fingerprint density at radius 1 is 1.45 bits per heavy atom. The summed E-state index contributed by atoms with van der Waals surface area (Å²) < 4.78 is 5.99.